The molecule has 30 heavy (non-hydrogen) atoms. The molecule has 3 amide bonds. The zero-order chi connectivity index (χ0) is 23.0. The minimum Gasteiger partial charge on any atom is -0.379 e. The molecule has 0 radical (unpaired) electrons. The van der Waals surface area contributed by atoms with Crippen LogP contribution in [0.1, 0.15) is 46.5 Å². The van der Waals surface area contributed by atoms with Gasteiger partial charge in [0.25, 0.3) is 0 Å². The van der Waals surface area contributed by atoms with Gasteiger partial charge in [-0.05, 0) is 18.8 Å². The molecule has 0 aliphatic carbocycles. The number of likely N-dealkylation sites (tertiary alicyclic amines) is 1. The third-order valence-electron chi connectivity index (χ3n) is 6.51. The van der Waals surface area contributed by atoms with E-state index in [-0.39, 0.29) is 42.8 Å². The molecule has 0 saturated carbocycles. The maximum atomic E-state index is 13.3. The molecule has 9 heteroatoms. The van der Waals surface area contributed by atoms with E-state index in [2.05, 4.69) is 0 Å². The Bertz CT molecular complexity index is 588. The second kappa shape index (κ2) is 12.2. The third kappa shape index (κ3) is 6.15. The van der Waals surface area contributed by atoms with Crippen LogP contribution < -0.4 is 11.5 Å². The van der Waals surface area contributed by atoms with Gasteiger partial charge in [0.05, 0.1) is 43.2 Å². The van der Waals surface area contributed by atoms with Crippen LogP contribution in [0.25, 0.3) is 0 Å². The molecule has 0 aromatic heterocycles. The van der Waals surface area contributed by atoms with Crippen LogP contribution in [-0.2, 0) is 23.9 Å². The molecular formula is C21H40N4O5. The summed E-state index contributed by atoms with van der Waals surface area (Å²) in [7, 11) is 4.80. The highest BCUT2D eigenvalue weighted by Crippen LogP contribution is 2.28. The second-order valence-corrected chi connectivity index (χ2v) is 8.25. The maximum absolute atomic E-state index is 13.3. The average Bonchev–Trinajstić information content (AvgIpc) is 3.21. The normalized spacial score (nSPS) is 21.6. The maximum Gasteiger partial charge on any atom is 0.236 e. The summed E-state index contributed by atoms with van der Waals surface area (Å²) >= 11 is 0. The first kappa shape index (κ1) is 26.3. The highest BCUT2D eigenvalue weighted by Gasteiger charge is 2.41. The predicted octanol–water partition coefficient (Wildman–Crippen LogP) is 0.351. The number of methoxy groups -OCH3 is 2. The Morgan fingerprint density at radius 1 is 1.20 bits per heavy atom. The van der Waals surface area contributed by atoms with E-state index in [9.17, 15) is 14.4 Å². The van der Waals surface area contributed by atoms with Crippen molar-refractivity contribution in [3.63, 3.8) is 0 Å². The number of carbonyl (C=O) groups is 3. The molecular weight excluding hydrogens is 388 g/mol. The van der Waals surface area contributed by atoms with Gasteiger partial charge in [-0.25, -0.2) is 0 Å². The van der Waals surface area contributed by atoms with Gasteiger partial charge < -0.3 is 30.7 Å². The third-order valence-corrected chi connectivity index (χ3v) is 6.51. The number of amides is 3. The molecule has 0 aromatic carbocycles. The molecule has 0 aromatic rings. The van der Waals surface area contributed by atoms with Gasteiger partial charge in [-0.3, -0.25) is 14.4 Å². The summed E-state index contributed by atoms with van der Waals surface area (Å²) in [5.41, 5.74) is 11.0. The molecule has 0 spiro atoms. The Balaban J connectivity index is 3.04. The molecule has 1 rings (SSSR count). The highest BCUT2D eigenvalue weighted by molar-refractivity contribution is 5.80. The van der Waals surface area contributed by atoms with Crippen molar-refractivity contribution < 1.29 is 23.9 Å². The van der Waals surface area contributed by atoms with E-state index >= 15 is 0 Å². The van der Waals surface area contributed by atoms with Gasteiger partial charge in [0.1, 0.15) is 0 Å². The first-order valence-electron chi connectivity index (χ1n) is 10.7. The van der Waals surface area contributed by atoms with Gasteiger partial charge in [0.15, 0.2) is 0 Å². The lowest BCUT2D eigenvalue weighted by Gasteiger charge is -2.39. The van der Waals surface area contributed by atoms with Crippen molar-refractivity contribution >= 4 is 17.7 Å². The zero-order valence-corrected chi connectivity index (χ0v) is 19.3. The van der Waals surface area contributed by atoms with Gasteiger partial charge in [-0.1, -0.05) is 27.2 Å². The fraction of sp³-hybridized carbons (Fsp3) is 0.857. The van der Waals surface area contributed by atoms with Gasteiger partial charge >= 0.3 is 0 Å². The monoisotopic (exact) mass is 428 g/mol. The molecule has 4 N–H and O–H groups in total. The lowest BCUT2D eigenvalue weighted by Crippen LogP contribution is -2.53. The summed E-state index contributed by atoms with van der Waals surface area (Å²) in [4.78, 5) is 40.6. The van der Waals surface area contributed by atoms with Crippen LogP contribution in [0.3, 0.4) is 0 Å². The lowest BCUT2D eigenvalue weighted by atomic mass is 9.90. The summed E-state index contributed by atoms with van der Waals surface area (Å²) in [6, 6.07) is -0.489. The number of hydrogen-bond donors (Lipinski definition) is 2. The molecule has 1 aliphatic rings. The minimum atomic E-state index is -0.507. The number of rotatable bonds is 12. The summed E-state index contributed by atoms with van der Waals surface area (Å²) in [5.74, 6) is -1.10. The Kier molecular flexibility index (Phi) is 10.7. The summed E-state index contributed by atoms with van der Waals surface area (Å²) in [6.45, 7) is 6.30. The van der Waals surface area contributed by atoms with E-state index < -0.39 is 24.0 Å². The van der Waals surface area contributed by atoms with E-state index in [0.29, 0.717) is 6.54 Å². The number of hydrogen-bond acceptors (Lipinski definition) is 6. The Morgan fingerprint density at radius 2 is 1.83 bits per heavy atom. The Morgan fingerprint density at radius 3 is 2.30 bits per heavy atom. The molecule has 1 unspecified atom stereocenters. The van der Waals surface area contributed by atoms with Crippen molar-refractivity contribution in [2.24, 2.45) is 23.3 Å². The Hall–Kier alpha value is -1.71. The highest BCUT2D eigenvalue weighted by atomic mass is 16.5. The van der Waals surface area contributed by atoms with Crippen molar-refractivity contribution in [1.82, 2.24) is 9.80 Å². The summed E-state index contributed by atoms with van der Waals surface area (Å²) in [5, 5.41) is 0. The fourth-order valence-corrected chi connectivity index (χ4v) is 4.48. The van der Waals surface area contributed by atoms with E-state index in [4.69, 9.17) is 20.9 Å². The first-order valence-corrected chi connectivity index (χ1v) is 10.7. The molecule has 1 saturated heterocycles. The molecule has 1 fully saturated rings. The largest absolute Gasteiger partial charge is 0.379 e. The van der Waals surface area contributed by atoms with E-state index in [1.54, 1.807) is 30.9 Å². The molecule has 9 nitrogen and oxygen atoms in total. The molecule has 6 atom stereocenters. The topological polar surface area (TPSA) is 128 Å². The Labute approximate surface area is 180 Å². The zero-order valence-electron chi connectivity index (χ0n) is 19.3. The summed E-state index contributed by atoms with van der Waals surface area (Å²) < 4.78 is 11.3. The van der Waals surface area contributed by atoms with E-state index in [1.807, 2.05) is 13.8 Å². The minimum absolute atomic E-state index is 0.0787. The van der Waals surface area contributed by atoms with Crippen LogP contribution >= 0.6 is 0 Å². The van der Waals surface area contributed by atoms with Gasteiger partial charge in [0.2, 0.25) is 17.7 Å². The number of nitrogens with two attached hydrogens (primary N) is 2. The molecule has 1 aliphatic heterocycles. The number of ether oxygens (including phenoxy) is 2. The standard InChI is InChI=1S/C21H40N4O5/c1-7-13(2)19(24(4)18(27)12-22)16(29-5)11-17(26)25-10-8-9-15(25)20(30-6)14(3)21(23)28/h13-16,19-20H,7-12,22H2,1-6H3,(H2,23,28)/t13-,14+,15?,16+,19-,20+/m0/s1. The molecule has 174 valence electrons. The van der Waals surface area contributed by atoms with Gasteiger partial charge in [-0.2, -0.15) is 0 Å². The van der Waals surface area contributed by atoms with Gasteiger partial charge in [0, 0.05) is 27.8 Å². The van der Waals surface area contributed by atoms with Crippen molar-refractivity contribution in [2.75, 3.05) is 34.4 Å². The van der Waals surface area contributed by atoms with Crippen LogP contribution in [0.5, 0.6) is 0 Å². The SMILES string of the molecule is CC[C@H](C)[C@@H]([C@@H](CC(=O)N1CCCC1[C@H](OC)[C@@H](C)C(N)=O)OC)N(C)C(=O)CN. The van der Waals surface area contributed by atoms with Crippen LogP contribution in [0.15, 0.2) is 0 Å². The lowest BCUT2D eigenvalue weighted by molar-refractivity contribution is -0.145. The number of carbonyl (C=O) groups excluding carboxylic acids is 3. The van der Waals surface area contributed by atoms with Crippen molar-refractivity contribution in [1.29, 1.82) is 0 Å². The number of primary amides is 1. The smallest absolute Gasteiger partial charge is 0.236 e. The van der Waals surface area contributed by atoms with Crippen LogP contribution in [0, 0.1) is 11.8 Å². The van der Waals surface area contributed by atoms with Crippen molar-refractivity contribution in [2.45, 2.75) is 70.7 Å². The van der Waals surface area contributed by atoms with Crippen LogP contribution in [-0.4, -0.2) is 86.2 Å². The van der Waals surface area contributed by atoms with E-state index in [1.165, 1.54) is 7.11 Å². The quantitative estimate of drug-likeness (QED) is 0.462. The number of likely N-dealkylation sites (N-methyl/N-ethyl adjacent to an activating group) is 1. The van der Waals surface area contributed by atoms with Crippen molar-refractivity contribution in [3.8, 4) is 0 Å². The summed E-state index contributed by atoms with van der Waals surface area (Å²) in [6.07, 6.45) is 1.62. The van der Waals surface area contributed by atoms with E-state index in [0.717, 1.165) is 19.3 Å². The molecule has 0 bridgehead atoms. The molecule has 1 heterocycles. The van der Waals surface area contributed by atoms with Gasteiger partial charge in [-0.15, -0.1) is 0 Å². The average molecular weight is 429 g/mol. The van der Waals surface area contributed by atoms with Crippen molar-refractivity contribution in [3.05, 3.63) is 0 Å². The number of nitrogens with zero attached hydrogens (tertiary/aromatic N) is 2. The predicted molar refractivity (Wildman–Crippen MR) is 114 cm³/mol. The first-order chi connectivity index (χ1) is 14.1. The van der Waals surface area contributed by atoms with Crippen LogP contribution in [0.2, 0.25) is 0 Å². The fourth-order valence-electron chi connectivity index (χ4n) is 4.48. The second-order valence-electron chi connectivity index (χ2n) is 8.25. The van der Waals surface area contributed by atoms with Crippen LogP contribution in [0.4, 0.5) is 0 Å².